The lowest BCUT2D eigenvalue weighted by molar-refractivity contribution is 0.0696. The minimum Gasteiger partial charge on any atom is -0.478 e. The van der Waals surface area contributed by atoms with Gasteiger partial charge in [-0.2, -0.15) is 0 Å². The predicted octanol–water partition coefficient (Wildman–Crippen LogP) is 1.74. The molecule has 20 heavy (non-hydrogen) atoms. The summed E-state index contributed by atoms with van der Waals surface area (Å²) in [5, 5.41) is 9.02. The Morgan fingerprint density at radius 1 is 1.30 bits per heavy atom. The Hall–Kier alpha value is -2.63. The summed E-state index contributed by atoms with van der Waals surface area (Å²) in [6.07, 6.45) is 0. The van der Waals surface area contributed by atoms with Gasteiger partial charge in [-0.1, -0.05) is 6.58 Å². The number of aromatic carboxylic acids is 1. The van der Waals surface area contributed by atoms with E-state index in [9.17, 15) is 14.4 Å². The summed E-state index contributed by atoms with van der Waals surface area (Å²) in [5.41, 5.74) is 0.553. The van der Waals surface area contributed by atoms with Crippen LogP contribution < -0.4 is 5.69 Å². The highest BCUT2D eigenvalue weighted by atomic mass is 16.4. The van der Waals surface area contributed by atoms with Crippen LogP contribution in [-0.2, 0) is 6.54 Å². The molecule has 1 heterocycles. The van der Waals surface area contributed by atoms with Crippen LogP contribution >= 0.6 is 0 Å². The van der Waals surface area contributed by atoms with Crippen LogP contribution in [0.1, 0.15) is 29.0 Å². The maximum absolute atomic E-state index is 12.3. The summed E-state index contributed by atoms with van der Waals surface area (Å²) >= 11 is 0. The van der Waals surface area contributed by atoms with Crippen LogP contribution in [0.5, 0.6) is 0 Å². The van der Waals surface area contributed by atoms with Gasteiger partial charge < -0.3 is 5.11 Å². The summed E-state index contributed by atoms with van der Waals surface area (Å²) in [6, 6.07) is 4.27. The van der Waals surface area contributed by atoms with Crippen LogP contribution in [0.15, 0.2) is 35.1 Å². The normalized spacial score (nSPS) is 10.7. The number of benzene rings is 1. The SMILES string of the molecule is C=C(C)C(=O)n1c(=O)n(CC)c2ccc(C(=O)O)cc21. The van der Waals surface area contributed by atoms with Gasteiger partial charge in [0, 0.05) is 12.1 Å². The Kier molecular flexibility index (Phi) is 3.31. The first kappa shape index (κ1) is 13.8. The summed E-state index contributed by atoms with van der Waals surface area (Å²) in [6.45, 7) is 7.21. The van der Waals surface area contributed by atoms with E-state index < -0.39 is 17.6 Å². The van der Waals surface area contributed by atoms with E-state index in [1.54, 1.807) is 6.92 Å². The number of hydrogen-bond acceptors (Lipinski definition) is 3. The Labute approximate surface area is 114 Å². The number of carboxylic acids is 1. The molecule has 6 heteroatoms. The molecular weight excluding hydrogens is 260 g/mol. The van der Waals surface area contributed by atoms with Crippen LogP contribution in [0.2, 0.25) is 0 Å². The smallest absolute Gasteiger partial charge is 0.336 e. The van der Waals surface area contributed by atoms with Crippen molar-refractivity contribution in [3.8, 4) is 0 Å². The molecule has 2 rings (SSSR count). The second-order valence-electron chi connectivity index (χ2n) is 4.46. The number of hydrogen-bond donors (Lipinski definition) is 1. The third kappa shape index (κ3) is 1.95. The molecule has 1 aromatic carbocycles. The Balaban J connectivity index is 2.91. The lowest BCUT2D eigenvalue weighted by atomic mass is 10.2. The molecule has 0 aliphatic rings. The zero-order valence-electron chi connectivity index (χ0n) is 11.2. The van der Waals surface area contributed by atoms with E-state index in [0.29, 0.717) is 12.1 Å². The molecular formula is C14H14N2O4. The fourth-order valence-electron chi connectivity index (χ4n) is 2.08. The molecule has 1 N–H and O–H groups in total. The highest BCUT2D eigenvalue weighted by Crippen LogP contribution is 2.16. The van der Waals surface area contributed by atoms with Gasteiger partial charge >= 0.3 is 11.7 Å². The number of carboxylic acid groups (broad SMARTS) is 1. The second-order valence-corrected chi connectivity index (χ2v) is 4.46. The maximum Gasteiger partial charge on any atom is 0.336 e. The number of nitrogens with zero attached hydrogens (tertiary/aromatic N) is 2. The van der Waals surface area contributed by atoms with Gasteiger partial charge in [0.1, 0.15) is 0 Å². The number of aromatic nitrogens is 2. The van der Waals surface area contributed by atoms with E-state index >= 15 is 0 Å². The summed E-state index contributed by atoms with van der Waals surface area (Å²) < 4.78 is 2.38. The molecule has 104 valence electrons. The Bertz CT molecular complexity index is 795. The van der Waals surface area contributed by atoms with Crippen LogP contribution in [0.25, 0.3) is 11.0 Å². The number of fused-ring (bicyclic) bond motifs is 1. The quantitative estimate of drug-likeness (QED) is 0.864. The van der Waals surface area contributed by atoms with E-state index in [0.717, 1.165) is 4.57 Å². The highest BCUT2D eigenvalue weighted by molar-refractivity contribution is 6.01. The first-order valence-electron chi connectivity index (χ1n) is 6.07. The zero-order chi connectivity index (χ0) is 15.0. The average molecular weight is 274 g/mol. The van der Waals surface area contributed by atoms with Crippen LogP contribution in [-0.4, -0.2) is 26.1 Å². The van der Waals surface area contributed by atoms with Crippen molar-refractivity contribution in [2.24, 2.45) is 0 Å². The van der Waals surface area contributed by atoms with Crippen LogP contribution in [0.3, 0.4) is 0 Å². The van der Waals surface area contributed by atoms with Crippen molar-refractivity contribution in [3.63, 3.8) is 0 Å². The number of carbonyl (C=O) groups is 2. The number of imidazole rings is 1. The standard InChI is InChI=1S/C14H14N2O4/c1-4-15-10-6-5-9(13(18)19)7-11(10)16(14(15)20)12(17)8(2)3/h5-7H,2,4H2,1,3H3,(H,18,19). The van der Waals surface area contributed by atoms with E-state index in [-0.39, 0.29) is 16.7 Å². The minimum atomic E-state index is -1.11. The first-order chi connectivity index (χ1) is 9.38. The molecule has 0 aliphatic heterocycles. The predicted molar refractivity (Wildman–Crippen MR) is 74.3 cm³/mol. The fraction of sp³-hybridized carbons (Fsp3) is 0.214. The third-order valence-corrected chi connectivity index (χ3v) is 3.06. The molecule has 0 aliphatic carbocycles. The minimum absolute atomic E-state index is 0.0222. The van der Waals surface area contributed by atoms with Gasteiger partial charge in [0.15, 0.2) is 0 Å². The summed E-state index contributed by atoms with van der Waals surface area (Å²) in [4.78, 5) is 35.4. The fourth-order valence-corrected chi connectivity index (χ4v) is 2.08. The summed E-state index contributed by atoms with van der Waals surface area (Å²) in [7, 11) is 0. The number of allylic oxidation sites excluding steroid dienone is 1. The van der Waals surface area contributed by atoms with Crippen molar-refractivity contribution in [1.29, 1.82) is 0 Å². The zero-order valence-corrected chi connectivity index (χ0v) is 11.2. The third-order valence-electron chi connectivity index (χ3n) is 3.06. The molecule has 0 atom stereocenters. The van der Waals surface area contributed by atoms with Crippen molar-refractivity contribution in [3.05, 3.63) is 46.4 Å². The van der Waals surface area contributed by atoms with E-state index in [2.05, 4.69) is 6.58 Å². The number of aryl methyl sites for hydroxylation is 1. The van der Waals surface area contributed by atoms with Crippen molar-refractivity contribution in [2.45, 2.75) is 20.4 Å². The van der Waals surface area contributed by atoms with Crippen molar-refractivity contribution in [1.82, 2.24) is 9.13 Å². The van der Waals surface area contributed by atoms with Crippen molar-refractivity contribution >= 4 is 22.9 Å². The lowest BCUT2D eigenvalue weighted by Crippen LogP contribution is -2.29. The van der Waals surface area contributed by atoms with Crippen molar-refractivity contribution < 1.29 is 14.7 Å². The van der Waals surface area contributed by atoms with Gasteiger partial charge in [-0.25, -0.2) is 14.2 Å². The van der Waals surface area contributed by atoms with Crippen LogP contribution in [0.4, 0.5) is 0 Å². The van der Waals surface area contributed by atoms with Crippen LogP contribution in [0, 0.1) is 0 Å². The Morgan fingerprint density at radius 3 is 2.45 bits per heavy atom. The monoisotopic (exact) mass is 274 g/mol. The number of carbonyl (C=O) groups excluding carboxylic acids is 1. The molecule has 0 saturated heterocycles. The summed E-state index contributed by atoms with van der Waals surface area (Å²) in [5.74, 6) is -1.65. The van der Waals surface area contributed by atoms with E-state index in [4.69, 9.17) is 5.11 Å². The molecule has 0 amide bonds. The molecule has 2 aromatic rings. The molecule has 0 unspecified atom stereocenters. The van der Waals surface area contributed by atoms with Gasteiger partial charge in [-0.15, -0.1) is 0 Å². The van der Waals surface area contributed by atoms with Gasteiger partial charge in [-0.3, -0.25) is 9.36 Å². The van der Waals surface area contributed by atoms with Gasteiger partial charge in [0.05, 0.1) is 16.6 Å². The second kappa shape index (κ2) is 4.80. The topological polar surface area (TPSA) is 81.3 Å². The number of rotatable bonds is 3. The van der Waals surface area contributed by atoms with Gasteiger partial charge in [-0.05, 0) is 32.0 Å². The van der Waals surface area contributed by atoms with Gasteiger partial charge in [0.25, 0.3) is 5.91 Å². The largest absolute Gasteiger partial charge is 0.478 e. The molecule has 0 radical (unpaired) electrons. The maximum atomic E-state index is 12.3. The van der Waals surface area contributed by atoms with E-state index in [1.165, 1.54) is 29.7 Å². The van der Waals surface area contributed by atoms with E-state index in [1.807, 2.05) is 0 Å². The molecule has 0 fully saturated rings. The van der Waals surface area contributed by atoms with Crippen molar-refractivity contribution in [2.75, 3.05) is 0 Å². The lowest BCUT2D eigenvalue weighted by Gasteiger charge is -2.01. The Morgan fingerprint density at radius 2 is 1.95 bits per heavy atom. The molecule has 0 saturated carbocycles. The molecule has 0 spiro atoms. The average Bonchev–Trinajstić information content (AvgIpc) is 2.68. The molecule has 1 aromatic heterocycles. The highest BCUT2D eigenvalue weighted by Gasteiger charge is 2.19. The molecule has 0 bridgehead atoms. The van der Waals surface area contributed by atoms with Gasteiger partial charge in [0.2, 0.25) is 0 Å². The molecule has 6 nitrogen and oxygen atoms in total. The first-order valence-corrected chi connectivity index (χ1v) is 6.07.